The normalized spacial score (nSPS) is 13.4. The zero-order chi connectivity index (χ0) is 13.0. The van der Waals surface area contributed by atoms with Crippen LogP contribution in [-0.4, -0.2) is 11.9 Å². The van der Waals surface area contributed by atoms with Crippen molar-refractivity contribution in [2.24, 2.45) is 5.73 Å². The third-order valence-electron chi connectivity index (χ3n) is 3.03. The molecule has 3 nitrogen and oxygen atoms in total. The van der Waals surface area contributed by atoms with E-state index in [0.717, 1.165) is 5.56 Å². The van der Waals surface area contributed by atoms with E-state index in [1.54, 1.807) is 0 Å². The fourth-order valence-corrected chi connectivity index (χ4v) is 1.90. The average Bonchev–Trinajstić information content (AvgIpc) is 2.27. The summed E-state index contributed by atoms with van der Waals surface area (Å²) in [6.07, 6.45) is 0.658. The summed E-state index contributed by atoms with van der Waals surface area (Å²) in [7, 11) is 0. The summed E-state index contributed by atoms with van der Waals surface area (Å²) in [5, 5.41) is 2.94. The summed E-state index contributed by atoms with van der Waals surface area (Å²) in [5.74, 6) is -0.0834. The van der Waals surface area contributed by atoms with Crippen LogP contribution in [0.4, 0.5) is 0 Å². The van der Waals surface area contributed by atoms with E-state index in [2.05, 4.69) is 37.4 Å². The second-order valence-electron chi connectivity index (χ2n) is 4.61. The van der Waals surface area contributed by atoms with Crippen molar-refractivity contribution in [2.45, 2.75) is 46.2 Å². The van der Waals surface area contributed by atoms with Gasteiger partial charge in [0.15, 0.2) is 0 Å². The highest BCUT2D eigenvalue weighted by atomic mass is 35.5. The minimum Gasteiger partial charge on any atom is -0.348 e. The van der Waals surface area contributed by atoms with Crippen molar-refractivity contribution in [3.05, 3.63) is 34.9 Å². The molecule has 0 fully saturated rings. The Kier molecular flexibility index (Phi) is 6.96. The number of aryl methyl sites for hydroxylation is 2. The standard InChI is InChI=1S/C14H22N2O.ClH/c1-5-13(15)14(17)16-11(4)12-7-6-9(2)8-10(12)3;/h6-8,11,13H,5,15H2,1-4H3,(H,16,17);1H/t11?,13-;/m0./s1. The van der Waals surface area contributed by atoms with Gasteiger partial charge in [0, 0.05) is 0 Å². The van der Waals surface area contributed by atoms with E-state index in [-0.39, 0.29) is 24.4 Å². The van der Waals surface area contributed by atoms with Crippen LogP contribution in [0.25, 0.3) is 0 Å². The predicted octanol–water partition coefficient (Wildman–Crippen LogP) is 2.64. The van der Waals surface area contributed by atoms with Gasteiger partial charge in [0.25, 0.3) is 0 Å². The Morgan fingerprint density at radius 2 is 2.00 bits per heavy atom. The first-order chi connectivity index (χ1) is 7.95. The molecule has 102 valence electrons. The first-order valence-electron chi connectivity index (χ1n) is 6.08. The fraction of sp³-hybridized carbons (Fsp3) is 0.500. The van der Waals surface area contributed by atoms with Crippen LogP contribution in [0, 0.1) is 13.8 Å². The van der Waals surface area contributed by atoms with Gasteiger partial charge in [-0.05, 0) is 38.3 Å². The van der Waals surface area contributed by atoms with E-state index in [9.17, 15) is 4.79 Å². The number of hydrogen-bond donors (Lipinski definition) is 2. The molecule has 1 rings (SSSR count). The highest BCUT2D eigenvalue weighted by Gasteiger charge is 2.15. The molecule has 1 amide bonds. The molecule has 4 heteroatoms. The van der Waals surface area contributed by atoms with Crippen molar-refractivity contribution >= 4 is 18.3 Å². The van der Waals surface area contributed by atoms with Crippen LogP contribution in [0.3, 0.4) is 0 Å². The van der Waals surface area contributed by atoms with Gasteiger partial charge >= 0.3 is 0 Å². The lowest BCUT2D eigenvalue weighted by molar-refractivity contribution is -0.123. The largest absolute Gasteiger partial charge is 0.348 e. The minimum atomic E-state index is -0.414. The molecule has 0 aromatic heterocycles. The summed E-state index contributed by atoms with van der Waals surface area (Å²) >= 11 is 0. The van der Waals surface area contributed by atoms with Gasteiger partial charge in [0.05, 0.1) is 12.1 Å². The molecule has 0 saturated carbocycles. The number of amides is 1. The molecular weight excluding hydrogens is 248 g/mol. The van der Waals surface area contributed by atoms with Gasteiger partial charge < -0.3 is 11.1 Å². The zero-order valence-electron chi connectivity index (χ0n) is 11.5. The van der Waals surface area contributed by atoms with Crippen LogP contribution in [-0.2, 0) is 4.79 Å². The van der Waals surface area contributed by atoms with Gasteiger partial charge in [-0.15, -0.1) is 12.4 Å². The van der Waals surface area contributed by atoms with Crippen LogP contribution in [0.1, 0.15) is 43.0 Å². The van der Waals surface area contributed by atoms with Gasteiger partial charge in [-0.25, -0.2) is 0 Å². The number of carbonyl (C=O) groups is 1. The van der Waals surface area contributed by atoms with Crippen molar-refractivity contribution in [3.63, 3.8) is 0 Å². The van der Waals surface area contributed by atoms with Crippen molar-refractivity contribution in [1.29, 1.82) is 0 Å². The molecule has 18 heavy (non-hydrogen) atoms. The van der Waals surface area contributed by atoms with Gasteiger partial charge in [-0.2, -0.15) is 0 Å². The van der Waals surface area contributed by atoms with Crippen molar-refractivity contribution < 1.29 is 4.79 Å². The molecule has 0 aliphatic carbocycles. The molecule has 0 heterocycles. The molecule has 0 aliphatic rings. The molecule has 2 atom stereocenters. The van der Waals surface area contributed by atoms with Gasteiger partial charge in [0.1, 0.15) is 0 Å². The van der Waals surface area contributed by atoms with Crippen LogP contribution >= 0.6 is 12.4 Å². The summed E-state index contributed by atoms with van der Waals surface area (Å²) < 4.78 is 0. The summed E-state index contributed by atoms with van der Waals surface area (Å²) in [6, 6.07) is 5.83. The topological polar surface area (TPSA) is 55.1 Å². The minimum absolute atomic E-state index is 0. The predicted molar refractivity (Wildman–Crippen MR) is 78.0 cm³/mol. The van der Waals surface area contributed by atoms with E-state index in [1.165, 1.54) is 11.1 Å². The smallest absolute Gasteiger partial charge is 0.237 e. The molecule has 0 saturated heterocycles. The van der Waals surface area contributed by atoms with Gasteiger partial charge in [-0.1, -0.05) is 30.7 Å². The number of hydrogen-bond acceptors (Lipinski definition) is 2. The number of nitrogens with one attached hydrogen (secondary N) is 1. The van der Waals surface area contributed by atoms with Crippen LogP contribution in [0.15, 0.2) is 18.2 Å². The van der Waals surface area contributed by atoms with E-state index in [4.69, 9.17) is 5.73 Å². The highest BCUT2D eigenvalue weighted by molar-refractivity contribution is 5.85. The van der Waals surface area contributed by atoms with Crippen LogP contribution < -0.4 is 11.1 Å². The quantitative estimate of drug-likeness (QED) is 0.884. The summed E-state index contributed by atoms with van der Waals surface area (Å²) in [5.41, 5.74) is 9.27. The number of rotatable bonds is 4. The molecule has 1 aromatic carbocycles. The van der Waals surface area contributed by atoms with E-state index in [0.29, 0.717) is 6.42 Å². The fourth-order valence-electron chi connectivity index (χ4n) is 1.90. The Morgan fingerprint density at radius 3 is 2.50 bits per heavy atom. The third-order valence-corrected chi connectivity index (χ3v) is 3.03. The second-order valence-corrected chi connectivity index (χ2v) is 4.61. The summed E-state index contributed by atoms with van der Waals surface area (Å²) in [4.78, 5) is 11.7. The molecule has 0 bridgehead atoms. The molecule has 1 aromatic rings. The Morgan fingerprint density at radius 1 is 1.39 bits per heavy atom. The lowest BCUT2D eigenvalue weighted by Gasteiger charge is -2.19. The van der Waals surface area contributed by atoms with Crippen molar-refractivity contribution in [1.82, 2.24) is 5.32 Å². The maximum Gasteiger partial charge on any atom is 0.237 e. The third kappa shape index (κ3) is 4.31. The lowest BCUT2D eigenvalue weighted by Crippen LogP contribution is -2.41. The monoisotopic (exact) mass is 270 g/mol. The Balaban J connectivity index is 0.00000289. The Labute approximate surface area is 116 Å². The SMILES string of the molecule is CC[C@H](N)C(=O)NC(C)c1ccc(C)cc1C.Cl. The molecule has 3 N–H and O–H groups in total. The second kappa shape index (κ2) is 7.39. The van der Waals surface area contributed by atoms with Gasteiger partial charge in [-0.3, -0.25) is 4.79 Å². The average molecular weight is 271 g/mol. The zero-order valence-corrected chi connectivity index (χ0v) is 12.3. The molecule has 0 aliphatic heterocycles. The van der Waals surface area contributed by atoms with Crippen LogP contribution in [0.5, 0.6) is 0 Å². The van der Waals surface area contributed by atoms with E-state index < -0.39 is 6.04 Å². The maximum atomic E-state index is 11.7. The Bertz CT molecular complexity index is 407. The number of halogens is 1. The summed E-state index contributed by atoms with van der Waals surface area (Å²) in [6.45, 7) is 8.02. The maximum absolute atomic E-state index is 11.7. The first-order valence-corrected chi connectivity index (χ1v) is 6.08. The highest BCUT2D eigenvalue weighted by Crippen LogP contribution is 2.18. The number of nitrogens with two attached hydrogens (primary N) is 1. The van der Waals surface area contributed by atoms with E-state index >= 15 is 0 Å². The number of carbonyl (C=O) groups excluding carboxylic acids is 1. The van der Waals surface area contributed by atoms with Gasteiger partial charge in [0.2, 0.25) is 5.91 Å². The van der Waals surface area contributed by atoms with Crippen molar-refractivity contribution in [2.75, 3.05) is 0 Å². The molecule has 1 unspecified atom stereocenters. The number of benzene rings is 1. The van der Waals surface area contributed by atoms with Crippen LogP contribution in [0.2, 0.25) is 0 Å². The molecule has 0 spiro atoms. The first kappa shape index (κ1) is 16.9. The molecular formula is C14H23ClN2O. The van der Waals surface area contributed by atoms with E-state index in [1.807, 2.05) is 13.8 Å². The van der Waals surface area contributed by atoms with Crippen molar-refractivity contribution in [3.8, 4) is 0 Å². The Hall–Kier alpha value is -1.06. The lowest BCUT2D eigenvalue weighted by atomic mass is 10.00. The molecule has 0 radical (unpaired) electrons.